The van der Waals surface area contributed by atoms with Crippen molar-refractivity contribution < 1.29 is 4.79 Å². The Bertz CT molecular complexity index is 1070. The van der Waals surface area contributed by atoms with Crippen molar-refractivity contribution in [2.75, 3.05) is 10.6 Å². The standard InChI is InChI=1S/C25H31N5OS/c1-16(2)14-21-22(23(31)27-20-12-6-5-7-13-20)18(4)26-24-28-25(29-30(21)24)32-15-19-11-9-8-10-17(19)3/h5-13,16,18,21-22H,14-15H2,1-4H3,(H,27,31)(H,26,28,29). The number of aryl methyl sites for hydroxylation is 1. The van der Waals surface area contributed by atoms with Crippen molar-refractivity contribution in [2.45, 2.75) is 57.1 Å². The quantitative estimate of drug-likeness (QED) is 0.464. The Hall–Kier alpha value is -2.80. The number of para-hydroxylation sites is 1. The van der Waals surface area contributed by atoms with Crippen LogP contribution in [0.1, 0.15) is 44.4 Å². The molecule has 32 heavy (non-hydrogen) atoms. The van der Waals surface area contributed by atoms with Gasteiger partial charge in [-0.2, -0.15) is 4.98 Å². The number of hydrogen-bond acceptors (Lipinski definition) is 5. The van der Waals surface area contributed by atoms with Gasteiger partial charge >= 0.3 is 0 Å². The molecule has 3 unspecified atom stereocenters. The van der Waals surface area contributed by atoms with Crippen molar-refractivity contribution in [2.24, 2.45) is 11.8 Å². The first-order valence-electron chi connectivity index (χ1n) is 11.2. The van der Waals surface area contributed by atoms with E-state index in [9.17, 15) is 4.79 Å². The van der Waals surface area contributed by atoms with E-state index in [-0.39, 0.29) is 23.9 Å². The van der Waals surface area contributed by atoms with Crippen LogP contribution in [0.2, 0.25) is 0 Å². The average molecular weight is 450 g/mol. The van der Waals surface area contributed by atoms with E-state index in [1.54, 1.807) is 11.8 Å². The molecular formula is C25H31N5OS. The van der Waals surface area contributed by atoms with Gasteiger partial charge in [0.05, 0.1) is 12.0 Å². The maximum atomic E-state index is 13.3. The van der Waals surface area contributed by atoms with Gasteiger partial charge in [0.15, 0.2) is 0 Å². The minimum Gasteiger partial charge on any atom is -0.351 e. The Balaban J connectivity index is 1.57. The van der Waals surface area contributed by atoms with E-state index < -0.39 is 0 Å². The van der Waals surface area contributed by atoms with E-state index in [1.165, 1.54) is 11.1 Å². The fourth-order valence-electron chi connectivity index (χ4n) is 4.27. The van der Waals surface area contributed by atoms with Gasteiger partial charge in [-0.3, -0.25) is 4.79 Å². The first-order valence-corrected chi connectivity index (χ1v) is 12.2. The molecule has 1 aliphatic heterocycles. The van der Waals surface area contributed by atoms with Crippen LogP contribution in [0.25, 0.3) is 0 Å². The first-order chi connectivity index (χ1) is 15.4. The second kappa shape index (κ2) is 9.77. The van der Waals surface area contributed by atoms with Gasteiger partial charge in [-0.15, -0.1) is 5.10 Å². The van der Waals surface area contributed by atoms with Crippen molar-refractivity contribution >= 4 is 29.3 Å². The highest BCUT2D eigenvalue weighted by Crippen LogP contribution is 2.37. The summed E-state index contributed by atoms with van der Waals surface area (Å²) < 4.78 is 1.94. The Morgan fingerprint density at radius 2 is 1.88 bits per heavy atom. The van der Waals surface area contributed by atoms with Gasteiger partial charge in [0, 0.05) is 17.5 Å². The molecule has 1 amide bonds. The third-order valence-electron chi connectivity index (χ3n) is 5.91. The molecule has 2 N–H and O–H groups in total. The predicted molar refractivity (Wildman–Crippen MR) is 131 cm³/mol. The Morgan fingerprint density at radius 3 is 2.59 bits per heavy atom. The molecule has 0 bridgehead atoms. The lowest BCUT2D eigenvalue weighted by Crippen LogP contribution is -2.46. The van der Waals surface area contributed by atoms with Crippen LogP contribution in [0.5, 0.6) is 0 Å². The largest absolute Gasteiger partial charge is 0.351 e. The Labute approximate surface area is 194 Å². The predicted octanol–water partition coefficient (Wildman–Crippen LogP) is 5.53. The van der Waals surface area contributed by atoms with E-state index in [2.05, 4.69) is 62.6 Å². The smallest absolute Gasteiger partial charge is 0.231 e. The molecule has 2 heterocycles. The van der Waals surface area contributed by atoms with Crippen LogP contribution in [0.15, 0.2) is 59.8 Å². The molecule has 0 saturated carbocycles. The molecule has 7 heteroatoms. The second-order valence-corrected chi connectivity index (χ2v) is 9.83. The number of anilines is 2. The topological polar surface area (TPSA) is 71.8 Å². The van der Waals surface area contributed by atoms with E-state index in [1.807, 2.05) is 35.0 Å². The summed E-state index contributed by atoms with van der Waals surface area (Å²) in [6.45, 7) is 8.55. The molecular weight excluding hydrogens is 418 g/mol. The molecule has 0 radical (unpaired) electrons. The maximum absolute atomic E-state index is 13.3. The molecule has 2 aromatic carbocycles. The molecule has 0 fully saturated rings. The highest BCUT2D eigenvalue weighted by molar-refractivity contribution is 7.98. The van der Waals surface area contributed by atoms with Crippen LogP contribution >= 0.6 is 11.8 Å². The molecule has 168 valence electrons. The zero-order chi connectivity index (χ0) is 22.7. The van der Waals surface area contributed by atoms with Crippen LogP contribution in [-0.4, -0.2) is 26.7 Å². The van der Waals surface area contributed by atoms with Crippen LogP contribution in [0.4, 0.5) is 11.6 Å². The van der Waals surface area contributed by atoms with Crippen molar-refractivity contribution in [3.05, 3.63) is 65.7 Å². The van der Waals surface area contributed by atoms with Gasteiger partial charge in [0.1, 0.15) is 0 Å². The number of fused-ring (bicyclic) bond motifs is 1. The lowest BCUT2D eigenvalue weighted by Gasteiger charge is -2.37. The van der Waals surface area contributed by atoms with E-state index in [4.69, 9.17) is 10.1 Å². The summed E-state index contributed by atoms with van der Waals surface area (Å²) in [6, 6.07) is 17.9. The number of benzene rings is 2. The van der Waals surface area contributed by atoms with E-state index in [0.29, 0.717) is 5.92 Å². The number of amides is 1. The third-order valence-corrected chi connectivity index (χ3v) is 6.80. The number of carbonyl (C=O) groups excluding carboxylic acids is 1. The van der Waals surface area contributed by atoms with Crippen LogP contribution < -0.4 is 10.6 Å². The van der Waals surface area contributed by atoms with Gasteiger partial charge in [-0.05, 0) is 49.4 Å². The highest BCUT2D eigenvalue weighted by Gasteiger charge is 2.41. The van der Waals surface area contributed by atoms with Crippen LogP contribution in [0, 0.1) is 18.8 Å². The normalized spacial score (nSPS) is 20.0. The minimum atomic E-state index is -0.249. The number of nitrogens with zero attached hydrogens (tertiary/aromatic N) is 3. The summed E-state index contributed by atoms with van der Waals surface area (Å²) in [5.41, 5.74) is 3.36. The van der Waals surface area contributed by atoms with Gasteiger partial charge in [-0.1, -0.05) is 68.1 Å². The number of aromatic nitrogens is 3. The summed E-state index contributed by atoms with van der Waals surface area (Å²) >= 11 is 1.63. The molecule has 1 aliphatic rings. The molecule has 1 aromatic heterocycles. The number of carbonyl (C=O) groups is 1. The summed E-state index contributed by atoms with van der Waals surface area (Å²) in [5.74, 6) is 1.76. The molecule has 0 spiro atoms. The molecule has 0 saturated heterocycles. The van der Waals surface area contributed by atoms with Crippen molar-refractivity contribution in [3.8, 4) is 0 Å². The summed E-state index contributed by atoms with van der Waals surface area (Å²) in [4.78, 5) is 18.1. The second-order valence-electron chi connectivity index (χ2n) is 8.89. The Kier molecular flexibility index (Phi) is 6.84. The molecule has 3 atom stereocenters. The number of rotatable bonds is 7. The molecule has 6 nitrogen and oxygen atoms in total. The molecule has 0 aliphatic carbocycles. The van der Waals surface area contributed by atoms with E-state index in [0.717, 1.165) is 29.0 Å². The van der Waals surface area contributed by atoms with Gasteiger partial charge in [0.2, 0.25) is 17.0 Å². The van der Waals surface area contributed by atoms with Crippen LogP contribution in [-0.2, 0) is 10.5 Å². The zero-order valence-electron chi connectivity index (χ0n) is 19.1. The lowest BCUT2D eigenvalue weighted by molar-refractivity contribution is -0.122. The monoisotopic (exact) mass is 449 g/mol. The van der Waals surface area contributed by atoms with Crippen molar-refractivity contribution in [1.29, 1.82) is 0 Å². The third kappa shape index (κ3) is 4.99. The van der Waals surface area contributed by atoms with Gasteiger partial charge in [0.25, 0.3) is 0 Å². The fourth-order valence-corrected chi connectivity index (χ4v) is 5.17. The van der Waals surface area contributed by atoms with Gasteiger partial charge < -0.3 is 10.6 Å². The SMILES string of the molecule is Cc1ccccc1CSc1nc2n(n1)C(CC(C)C)C(C(=O)Nc1ccccc1)C(C)N2. The average Bonchev–Trinajstić information content (AvgIpc) is 3.16. The maximum Gasteiger partial charge on any atom is 0.231 e. The number of nitrogens with one attached hydrogen (secondary N) is 2. The minimum absolute atomic E-state index is 0.0112. The first kappa shape index (κ1) is 22.4. The highest BCUT2D eigenvalue weighted by atomic mass is 32.2. The lowest BCUT2D eigenvalue weighted by atomic mass is 9.85. The van der Waals surface area contributed by atoms with Crippen LogP contribution in [0.3, 0.4) is 0 Å². The fraction of sp³-hybridized carbons (Fsp3) is 0.400. The molecule has 4 rings (SSSR count). The van der Waals surface area contributed by atoms with Crippen molar-refractivity contribution in [3.63, 3.8) is 0 Å². The number of thioether (sulfide) groups is 1. The molecule has 3 aromatic rings. The van der Waals surface area contributed by atoms with Crippen molar-refractivity contribution in [1.82, 2.24) is 14.8 Å². The van der Waals surface area contributed by atoms with Gasteiger partial charge in [-0.25, -0.2) is 4.68 Å². The summed E-state index contributed by atoms with van der Waals surface area (Å²) in [5, 5.41) is 12.1. The Morgan fingerprint density at radius 1 is 1.16 bits per heavy atom. The number of hydrogen-bond donors (Lipinski definition) is 2. The summed E-state index contributed by atoms with van der Waals surface area (Å²) in [7, 11) is 0. The van der Waals surface area contributed by atoms with E-state index >= 15 is 0 Å². The summed E-state index contributed by atoms with van der Waals surface area (Å²) in [6.07, 6.45) is 0.858. The zero-order valence-corrected chi connectivity index (χ0v) is 19.9.